The second-order valence-electron chi connectivity index (χ2n) is 5.88. The van der Waals surface area contributed by atoms with Gasteiger partial charge in [0.2, 0.25) is 0 Å². The van der Waals surface area contributed by atoms with Crippen LogP contribution < -0.4 is 10.1 Å². The van der Waals surface area contributed by atoms with Crippen molar-refractivity contribution < 1.29 is 27.8 Å². The van der Waals surface area contributed by atoms with Crippen molar-refractivity contribution in [2.75, 3.05) is 18.5 Å². The molecule has 1 aromatic carbocycles. The summed E-state index contributed by atoms with van der Waals surface area (Å²) in [5.41, 5.74) is -1.30. The number of anilines is 1. The Morgan fingerprint density at radius 1 is 1.07 bits per heavy atom. The van der Waals surface area contributed by atoms with Crippen LogP contribution in [0.5, 0.6) is 5.75 Å². The number of aliphatic hydroxyl groups excluding tert-OH is 1. The molecule has 6 nitrogen and oxygen atoms in total. The molecule has 0 atom stereocenters. The normalized spacial score (nSPS) is 10.3. The molecule has 0 bridgehead atoms. The van der Waals surface area contributed by atoms with E-state index in [1.807, 2.05) is 0 Å². The van der Waals surface area contributed by atoms with Crippen LogP contribution in [0.3, 0.4) is 0 Å². The minimum Gasteiger partial charge on any atom is -0.491 e. The molecule has 0 fully saturated rings. The fourth-order valence-corrected chi connectivity index (χ4v) is 2.50. The summed E-state index contributed by atoms with van der Waals surface area (Å²) in [5, 5.41) is 11.4. The summed E-state index contributed by atoms with van der Waals surface area (Å²) < 4.78 is 47.6. The molecule has 0 unspecified atom stereocenters. The van der Waals surface area contributed by atoms with Crippen LogP contribution in [0.25, 0.3) is 11.3 Å². The molecule has 0 aliphatic rings. The number of halogens is 4. The van der Waals surface area contributed by atoms with E-state index >= 15 is 0 Å². The SMILES string of the molecule is Cl.O=C(Nc1cnccc1OCCCO)c1ccc(F)c(-c2c(F)cccc2F)n1. The van der Waals surface area contributed by atoms with E-state index in [0.717, 1.165) is 30.3 Å². The van der Waals surface area contributed by atoms with Gasteiger partial charge in [-0.1, -0.05) is 6.07 Å². The lowest BCUT2D eigenvalue weighted by molar-refractivity contribution is 0.102. The molecule has 158 valence electrons. The second kappa shape index (κ2) is 10.6. The third-order valence-electron chi connectivity index (χ3n) is 3.87. The lowest BCUT2D eigenvalue weighted by Gasteiger charge is -2.12. The summed E-state index contributed by atoms with van der Waals surface area (Å²) in [6, 6.07) is 6.60. The van der Waals surface area contributed by atoms with Gasteiger partial charge in [-0.05, 0) is 24.3 Å². The van der Waals surface area contributed by atoms with Gasteiger partial charge in [-0.25, -0.2) is 18.2 Å². The fourth-order valence-electron chi connectivity index (χ4n) is 2.50. The molecule has 2 aromatic heterocycles. The van der Waals surface area contributed by atoms with Gasteiger partial charge in [-0.15, -0.1) is 12.4 Å². The number of rotatable bonds is 7. The van der Waals surface area contributed by atoms with E-state index in [4.69, 9.17) is 9.84 Å². The lowest BCUT2D eigenvalue weighted by Crippen LogP contribution is -2.16. The minimum absolute atomic E-state index is 0. The smallest absolute Gasteiger partial charge is 0.274 e. The van der Waals surface area contributed by atoms with Crippen molar-refractivity contribution in [2.45, 2.75) is 6.42 Å². The molecule has 10 heteroatoms. The quantitative estimate of drug-likeness (QED) is 0.544. The van der Waals surface area contributed by atoms with Crippen LogP contribution in [0, 0.1) is 17.5 Å². The van der Waals surface area contributed by atoms with Crippen molar-refractivity contribution in [2.24, 2.45) is 0 Å². The van der Waals surface area contributed by atoms with Crippen molar-refractivity contribution in [1.29, 1.82) is 0 Å². The molecule has 3 rings (SSSR count). The van der Waals surface area contributed by atoms with Crippen molar-refractivity contribution in [3.8, 4) is 17.0 Å². The summed E-state index contributed by atoms with van der Waals surface area (Å²) in [6.07, 6.45) is 3.19. The van der Waals surface area contributed by atoms with Crippen LogP contribution >= 0.6 is 12.4 Å². The van der Waals surface area contributed by atoms with Gasteiger partial charge < -0.3 is 15.2 Å². The maximum atomic E-state index is 14.2. The third-order valence-corrected chi connectivity index (χ3v) is 3.87. The first-order valence-corrected chi connectivity index (χ1v) is 8.61. The number of nitrogens with zero attached hydrogens (tertiary/aromatic N) is 2. The number of benzene rings is 1. The summed E-state index contributed by atoms with van der Waals surface area (Å²) in [4.78, 5) is 20.3. The van der Waals surface area contributed by atoms with Crippen LogP contribution in [0.15, 0.2) is 48.8 Å². The highest BCUT2D eigenvalue weighted by Gasteiger charge is 2.20. The zero-order valence-electron chi connectivity index (χ0n) is 15.4. The predicted molar refractivity (Wildman–Crippen MR) is 106 cm³/mol. The third kappa shape index (κ3) is 5.25. The predicted octanol–water partition coefficient (Wildman–Crippen LogP) is 4.00. The van der Waals surface area contributed by atoms with Crippen LogP contribution in [-0.4, -0.2) is 34.2 Å². The molecule has 0 aliphatic heterocycles. The Kier molecular flexibility index (Phi) is 8.14. The molecule has 2 N–H and O–H groups in total. The number of carbonyl (C=O) groups excluding carboxylic acids is 1. The molecule has 0 saturated carbocycles. The zero-order chi connectivity index (χ0) is 20.8. The Labute approximate surface area is 176 Å². The number of aromatic nitrogens is 2. The van der Waals surface area contributed by atoms with E-state index in [1.54, 1.807) is 0 Å². The number of ether oxygens (including phenoxy) is 1. The van der Waals surface area contributed by atoms with Crippen LogP contribution in [0.1, 0.15) is 16.9 Å². The fraction of sp³-hybridized carbons (Fsp3) is 0.150. The van der Waals surface area contributed by atoms with Crippen molar-refractivity contribution >= 4 is 24.0 Å². The summed E-state index contributed by atoms with van der Waals surface area (Å²) in [7, 11) is 0. The van der Waals surface area contributed by atoms with E-state index in [9.17, 15) is 18.0 Å². The summed E-state index contributed by atoms with van der Waals surface area (Å²) in [6.45, 7) is 0.163. The first kappa shape index (κ1) is 23.1. The van der Waals surface area contributed by atoms with Crippen LogP contribution in [0.2, 0.25) is 0 Å². The maximum absolute atomic E-state index is 14.2. The molecule has 0 spiro atoms. The van der Waals surface area contributed by atoms with E-state index in [2.05, 4.69) is 15.3 Å². The van der Waals surface area contributed by atoms with Gasteiger partial charge in [-0.3, -0.25) is 9.78 Å². The molecule has 30 heavy (non-hydrogen) atoms. The highest BCUT2D eigenvalue weighted by molar-refractivity contribution is 6.03. The van der Waals surface area contributed by atoms with Gasteiger partial charge in [0.1, 0.15) is 40.3 Å². The first-order chi connectivity index (χ1) is 14.0. The number of amides is 1. The number of nitrogens with one attached hydrogen (secondary N) is 1. The Hall–Kier alpha value is -3.17. The van der Waals surface area contributed by atoms with E-state index in [1.165, 1.54) is 18.5 Å². The Morgan fingerprint density at radius 2 is 1.80 bits per heavy atom. The van der Waals surface area contributed by atoms with Crippen molar-refractivity contribution in [3.05, 3.63) is 71.9 Å². The van der Waals surface area contributed by atoms with Gasteiger partial charge in [-0.2, -0.15) is 0 Å². The van der Waals surface area contributed by atoms with Gasteiger partial charge >= 0.3 is 0 Å². The number of aliphatic hydroxyl groups is 1. The molecular formula is C20H17ClF3N3O3. The first-order valence-electron chi connectivity index (χ1n) is 8.61. The van der Waals surface area contributed by atoms with Gasteiger partial charge in [0.25, 0.3) is 5.91 Å². The number of hydrogen-bond donors (Lipinski definition) is 2. The minimum atomic E-state index is -0.999. The number of hydrogen-bond acceptors (Lipinski definition) is 5. The second-order valence-corrected chi connectivity index (χ2v) is 5.88. The van der Waals surface area contributed by atoms with E-state index < -0.39 is 34.6 Å². The molecule has 0 radical (unpaired) electrons. The van der Waals surface area contributed by atoms with Crippen LogP contribution in [0.4, 0.5) is 18.9 Å². The molecule has 2 heterocycles. The molecule has 1 amide bonds. The van der Waals surface area contributed by atoms with Crippen molar-refractivity contribution in [1.82, 2.24) is 9.97 Å². The molecule has 0 aliphatic carbocycles. The highest BCUT2D eigenvalue weighted by atomic mass is 35.5. The lowest BCUT2D eigenvalue weighted by atomic mass is 10.1. The summed E-state index contributed by atoms with van der Waals surface area (Å²) >= 11 is 0. The monoisotopic (exact) mass is 439 g/mol. The van der Waals surface area contributed by atoms with E-state index in [-0.39, 0.29) is 37.0 Å². The summed E-state index contributed by atoms with van der Waals surface area (Å²) in [5.74, 6) is -3.41. The van der Waals surface area contributed by atoms with Gasteiger partial charge in [0.15, 0.2) is 0 Å². The van der Waals surface area contributed by atoms with Gasteiger partial charge in [0.05, 0.1) is 18.4 Å². The average Bonchev–Trinajstić information content (AvgIpc) is 2.70. The Bertz CT molecular complexity index is 1020. The standard InChI is InChI=1S/C20H16F3N3O3.ClH/c21-12-3-1-4-13(22)18(12)19-14(23)5-6-15(25-19)20(28)26-16-11-24-8-7-17(16)29-10-2-9-27;/h1,3-8,11,27H,2,9-10H2,(H,26,28);1H. The molecule has 3 aromatic rings. The Balaban J connectivity index is 0.00000320. The Morgan fingerprint density at radius 3 is 2.50 bits per heavy atom. The van der Waals surface area contributed by atoms with E-state index in [0.29, 0.717) is 12.2 Å². The number of carbonyl (C=O) groups is 1. The maximum Gasteiger partial charge on any atom is 0.274 e. The van der Waals surface area contributed by atoms with Crippen molar-refractivity contribution in [3.63, 3.8) is 0 Å². The largest absolute Gasteiger partial charge is 0.491 e. The molecular weight excluding hydrogens is 423 g/mol. The van der Waals surface area contributed by atoms with Gasteiger partial charge in [0, 0.05) is 25.3 Å². The van der Waals surface area contributed by atoms with Crippen LogP contribution in [-0.2, 0) is 0 Å². The number of pyridine rings is 2. The highest BCUT2D eigenvalue weighted by Crippen LogP contribution is 2.28. The zero-order valence-corrected chi connectivity index (χ0v) is 16.3. The molecule has 0 saturated heterocycles. The topological polar surface area (TPSA) is 84.3 Å². The average molecular weight is 440 g/mol.